The molecule has 18 heavy (non-hydrogen) atoms. The number of nitrogens with two attached hydrogens (primary N) is 1. The summed E-state index contributed by atoms with van der Waals surface area (Å²) in [6.45, 7) is 0.0431. The number of nitrogens with one attached hydrogen (secondary N) is 1. The molecule has 0 heterocycles. The molecule has 3 N–H and O–H groups in total. The number of hydrogen-bond acceptors (Lipinski definition) is 3. The summed E-state index contributed by atoms with van der Waals surface area (Å²) < 4.78 is 0. The lowest BCUT2D eigenvalue weighted by Crippen LogP contribution is -2.35. The molecule has 1 aromatic carbocycles. The SMILES string of the molecule is CNC(=O)CN(C)C(=O)/C=C/c1ccc(N)cc1. The maximum Gasteiger partial charge on any atom is 0.246 e. The van der Waals surface area contributed by atoms with Crippen molar-refractivity contribution in [3.63, 3.8) is 0 Å². The molecule has 96 valence electrons. The van der Waals surface area contributed by atoms with Crippen LogP contribution in [0.5, 0.6) is 0 Å². The van der Waals surface area contributed by atoms with Crippen molar-refractivity contribution in [3.8, 4) is 0 Å². The van der Waals surface area contributed by atoms with Crippen LogP contribution in [0.1, 0.15) is 5.56 Å². The molecule has 5 nitrogen and oxygen atoms in total. The van der Waals surface area contributed by atoms with Crippen LogP contribution in [-0.2, 0) is 9.59 Å². The van der Waals surface area contributed by atoms with E-state index < -0.39 is 0 Å². The molecule has 0 spiro atoms. The third-order valence-electron chi connectivity index (χ3n) is 2.39. The first-order valence-electron chi connectivity index (χ1n) is 5.52. The second-order valence-electron chi connectivity index (χ2n) is 3.87. The van der Waals surface area contributed by atoms with Gasteiger partial charge >= 0.3 is 0 Å². The van der Waals surface area contributed by atoms with Crippen LogP contribution in [0.2, 0.25) is 0 Å². The van der Waals surface area contributed by atoms with Gasteiger partial charge in [-0.25, -0.2) is 0 Å². The summed E-state index contributed by atoms with van der Waals surface area (Å²) in [6.07, 6.45) is 3.11. The number of benzene rings is 1. The van der Waals surface area contributed by atoms with Gasteiger partial charge in [0, 0.05) is 25.9 Å². The first-order chi connectivity index (χ1) is 8.52. The first kappa shape index (κ1) is 13.8. The lowest BCUT2D eigenvalue weighted by atomic mass is 10.2. The van der Waals surface area contributed by atoms with E-state index >= 15 is 0 Å². The number of rotatable bonds is 4. The molecule has 0 aliphatic carbocycles. The summed E-state index contributed by atoms with van der Waals surface area (Å²) in [4.78, 5) is 24.1. The predicted octanol–water partition coefficient (Wildman–Crippen LogP) is 0.486. The second-order valence-corrected chi connectivity index (χ2v) is 3.87. The molecular weight excluding hydrogens is 230 g/mol. The summed E-state index contributed by atoms with van der Waals surface area (Å²) in [5, 5.41) is 2.46. The number of anilines is 1. The average Bonchev–Trinajstić information content (AvgIpc) is 2.37. The van der Waals surface area contributed by atoms with Crippen LogP contribution < -0.4 is 11.1 Å². The Morgan fingerprint density at radius 2 is 1.94 bits per heavy atom. The van der Waals surface area contributed by atoms with Crippen LogP contribution in [0, 0.1) is 0 Å². The Kier molecular flexibility index (Phi) is 4.92. The van der Waals surface area contributed by atoms with E-state index in [1.54, 1.807) is 25.3 Å². The second kappa shape index (κ2) is 6.44. The van der Waals surface area contributed by atoms with E-state index in [1.165, 1.54) is 18.0 Å². The van der Waals surface area contributed by atoms with Crippen molar-refractivity contribution in [2.45, 2.75) is 0 Å². The number of amides is 2. The minimum absolute atomic E-state index is 0.0431. The fraction of sp³-hybridized carbons (Fsp3) is 0.231. The van der Waals surface area contributed by atoms with E-state index in [9.17, 15) is 9.59 Å². The molecule has 0 bridgehead atoms. The standard InChI is InChI=1S/C13H17N3O2/c1-15-12(17)9-16(2)13(18)8-5-10-3-6-11(14)7-4-10/h3-8H,9,14H2,1-2H3,(H,15,17)/b8-5+. The number of hydrogen-bond donors (Lipinski definition) is 2. The Balaban J connectivity index is 2.58. The Labute approximate surface area is 106 Å². The average molecular weight is 247 g/mol. The van der Waals surface area contributed by atoms with Crippen LogP contribution in [-0.4, -0.2) is 37.4 Å². The quantitative estimate of drug-likeness (QED) is 0.600. The molecular formula is C13H17N3O2. The number of carbonyl (C=O) groups excluding carboxylic acids is 2. The van der Waals surface area contributed by atoms with E-state index in [1.807, 2.05) is 12.1 Å². The summed E-state index contributed by atoms with van der Waals surface area (Å²) >= 11 is 0. The minimum atomic E-state index is -0.226. The van der Waals surface area contributed by atoms with Gasteiger partial charge in [-0.2, -0.15) is 0 Å². The largest absolute Gasteiger partial charge is 0.399 e. The van der Waals surface area contributed by atoms with Crippen molar-refractivity contribution < 1.29 is 9.59 Å². The lowest BCUT2D eigenvalue weighted by molar-refractivity contribution is -0.130. The molecule has 0 aromatic heterocycles. The number of nitrogens with zero attached hydrogens (tertiary/aromatic N) is 1. The number of nitrogen functional groups attached to an aromatic ring is 1. The van der Waals surface area contributed by atoms with Crippen LogP contribution in [0.4, 0.5) is 5.69 Å². The molecule has 2 amide bonds. The highest BCUT2D eigenvalue weighted by molar-refractivity contribution is 5.94. The molecule has 0 atom stereocenters. The lowest BCUT2D eigenvalue weighted by Gasteiger charge is -2.13. The third-order valence-corrected chi connectivity index (χ3v) is 2.39. The zero-order valence-corrected chi connectivity index (χ0v) is 10.5. The first-order valence-corrected chi connectivity index (χ1v) is 5.52. The number of likely N-dealkylation sites (N-methyl/N-ethyl adjacent to an activating group) is 2. The van der Waals surface area contributed by atoms with Gasteiger partial charge in [-0.1, -0.05) is 12.1 Å². The molecule has 1 aromatic rings. The Morgan fingerprint density at radius 3 is 2.50 bits per heavy atom. The van der Waals surface area contributed by atoms with Crippen molar-refractivity contribution in [3.05, 3.63) is 35.9 Å². The van der Waals surface area contributed by atoms with Gasteiger partial charge in [0.1, 0.15) is 0 Å². The van der Waals surface area contributed by atoms with Gasteiger partial charge < -0.3 is 16.0 Å². The van der Waals surface area contributed by atoms with Crippen LogP contribution in [0.25, 0.3) is 6.08 Å². The van der Waals surface area contributed by atoms with Crippen molar-refractivity contribution in [2.24, 2.45) is 0 Å². The zero-order valence-electron chi connectivity index (χ0n) is 10.5. The van der Waals surface area contributed by atoms with Gasteiger partial charge in [0.15, 0.2) is 0 Å². The maximum absolute atomic E-state index is 11.7. The van der Waals surface area contributed by atoms with E-state index in [0.29, 0.717) is 5.69 Å². The van der Waals surface area contributed by atoms with Crippen molar-refractivity contribution in [1.82, 2.24) is 10.2 Å². The zero-order chi connectivity index (χ0) is 13.5. The predicted molar refractivity (Wildman–Crippen MR) is 71.6 cm³/mol. The molecule has 0 aliphatic heterocycles. The van der Waals surface area contributed by atoms with E-state index in [-0.39, 0.29) is 18.4 Å². The molecule has 5 heteroatoms. The van der Waals surface area contributed by atoms with Crippen LogP contribution in [0.15, 0.2) is 30.3 Å². The normalized spacial score (nSPS) is 10.3. The van der Waals surface area contributed by atoms with Crippen molar-refractivity contribution >= 4 is 23.6 Å². The summed E-state index contributed by atoms with van der Waals surface area (Å²) in [6, 6.07) is 7.16. The monoisotopic (exact) mass is 247 g/mol. The van der Waals surface area contributed by atoms with Gasteiger partial charge in [-0.3, -0.25) is 9.59 Å². The van der Waals surface area contributed by atoms with E-state index in [0.717, 1.165) is 5.56 Å². The summed E-state index contributed by atoms with van der Waals surface area (Å²) in [7, 11) is 3.11. The smallest absolute Gasteiger partial charge is 0.246 e. The summed E-state index contributed by atoms with van der Waals surface area (Å²) in [5.74, 6) is -0.429. The van der Waals surface area contributed by atoms with Crippen molar-refractivity contribution in [2.75, 3.05) is 26.4 Å². The number of carbonyl (C=O) groups is 2. The van der Waals surface area contributed by atoms with Gasteiger partial charge in [0.25, 0.3) is 0 Å². The molecule has 0 fully saturated rings. The van der Waals surface area contributed by atoms with Crippen molar-refractivity contribution in [1.29, 1.82) is 0 Å². The molecule has 0 saturated heterocycles. The van der Waals surface area contributed by atoms with Crippen LogP contribution >= 0.6 is 0 Å². The maximum atomic E-state index is 11.7. The Bertz CT molecular complexity index is 452. The van der Waals surface area contributed by atoms with Gasteiger partial charge in [0.2, 0.25) is 11.8 Å². The highest BCUT2D eigenvalue weighted by atomic mass is 16.2. The highest BCUT2D eigenvalue weighted by Crippen LogP contribution is 2.07. The minimum Gasteiger partial charge on any atom is -0.399 e. The van der Waals surface area contributed by atoms with Gasteiger partial charge in [0.05, 0.1) is 6.54 Å². The van der Waals surface area contributed by atoms with Gasteiger partial charge in [-0.15, -0.1) is 0 Å². The molecule has 0 saturated carbocycles. The van der Waals surface area contributed by atoms with E-state index in [2.05, 4.69) is 5.32 Å². The molecule has 0 radical (unpaired) electrons. The van der Waals surface area contributed by atoms with Crippen LogP contribution in [0.3, 0.4) is 0 Å². The Morgan fingerprint density at radius 1 is 1.33 bits per heavy atom. The Hall–Kier alpha value is -2.30. The third kappa shape index (κ3) is 4.29. The molecule has 1 rings (SSSR count). The van der Waals surface area contributed by atoms with E-state index in [4.69, 9.17) is 5.73 Å². The highest BCUT2D eigenvalue weighted by Gasteiger charge is 2.08. The summed E-state index contributed by atoms with van der Waals surface area (Å²) in [5.41, 5.74) is 7.11. The topological polar surface area (TPSA) is 75.4 Å². The van der Waals surface area contributed by atoms with Gasteiger partial charge in [-0.05, 0) is 23.8 Å². The molecule has 0 aliphatic rings. The fourth-order valence-corrected chi connectivity index (χ4v) is 1.27. The fourth-order valence-electron chi connectivity index (χ4n) is 1.27. The molecule has 0 unspecified atom stereocenters.